The number of carbonyl (C=O) groups excluding carboxylic acids is 1. The predicted octanol–water partition coefficient (Wildman–Crippen LogP) is 2.24. The van der Waals surface area contributed by atoms with Crippen molar-refractivity contribution in [3.63, 3.8) is 0 Å². The minimum absolute atomic E-state index is 0.235. The van der Waals surface area contributed by atoms with E-state index in [1.165, 1.54) is 7.11 Å². The molecule has 3 nitrogen and oxygen atoms in total. The molecule has 0 aliphatic rings. The molecule has 0 amide bonds. The van der Waals surface area contributed by atoms with Gasteiger partial charge in [-0.1, -0.05) is 24.4 Å². The van der Waals surface area contributed by atoms with E-state index in [0.29, 0.717) is 0 Å². The van der Waals surface area contributed by atoms with Gasteiger partial charge in [-0.25, -0.2) is 0 Å². The molecule has 0 spiro atoms. The van der Waals surface area contributed by atoms with E-state index in [1.807, 2.05) is 21.0 Å². The van der Waals surface area contributed by atoms with Crippen LogP contribution in [0.4, 0.5) is 0 Å². The van der Waals surface area contributed by atoms with Crippen molar-refractivity contribution in [2.75, 3.05) is 7.11 Å². The molecule has 0 saturated heterocycles. The van der Waals surface area contributed by atoms with Gasteiger partial charge in [0.05, 0.1) is 19.0 Å². The summed E-state index contributed by atoms with van der Waals surface area (Å²) in [4.78, 5) is 16.1. The molecule has 0 bridgehead atoms. The molecular formula is C14H14BINO2. The normalized spacial score (nSPS) is 10.5. The van der Waals surface area contributed by atoms with Crippen molar-refractivity contribution in [3.05, 3.63) is 33.0 Å². The van der Waals surface area contributed by atoms with Crippen molar-refractivity contribution < 1.29 is 9.53 Å². The molecule has 1 aromatic heterocycles. The summed E-state index contributed by atoms with van der Waals surface area (Å²) >= 11 is 2.28. The predicted molar refractivity (Wildman–Crippen MR) is 86.2 cm³/mol. The molecule has 1 aromatic carbocycles. The first-order valence-corrected chi connectivity index (χ1v) is 7.09. The quantitative estimate of drug-likeness (QED) is 0.475. The number of halogens is 1. The van der Waals surface area contributed by atoms with Crippen LogP contribution in [-0.2, 0) is 16.0 Å². The molecule has 2 rings (SSSR count). The fourth-order valence-corrected chi connectivity index (χ4v) is 3.03. The number of aromatic nitrogens is 1. The number of carbonyl (C=O) groups is 1. The molecule has 19 heavy (non-hydrogen) atoms. The van der Waals surface area contributed by atoms with Gasteiger partial charge in [0.1, 0.15) is 7.28 Å². The van der Waals surface area contributed by atoms with Gasteiger partial charge in [-0.2, -0.15) is 0 Å². The molecule has 1 heterocycles. The molecule has 0 fully saturated rings. The lowest BCUT2D eigenvalue weighted by Gasteiger charge is -2.11. The summed E-state index contributed by atoms with van der Waals surface area (Å²) in [6.45, 7) is 3.94. The highest BCUT2D eigenvalue weighted by atomic mass is 127. The Morgan fingerprint density at radius 2 is 2.21 bits per heavy atom. The average molecular weight is 366 g/mol. The van der Waals surface area contributed by atoms with Crippen LogP contribution in [0.3, 0.4) is 0 Å². The lowest BCUT2D eigenvalue weighted by molar-refractivity contribution is -0.139. The summed E-state index contributed by atoms with van der Waals surface area (Å²) in [5.41, 5.74) is 3.95. The van der Waals surface area contributed by atoms with Crippen molar-refractivity contribution in [3.8, 4) is 0 Å². The van der Waals surface area contributed by atoms with Gasteiger partial charge < -0.3 is 4.74 Å². The second-order valence-electron chi connectivity index (χ2n) is 4.31. The fourth-order valence-electron chi connectivity index (χ4n) is 2.00. The number of nitrogens with zero attached hydrogens (tertiary/aromatic N) is 1. The first kappa shape index (κ1) is 14.3. The summed E-state index contributed by atoms with van der Waals surface area (Å²) < 4.78 is 5.81. The van der Waals surface area contributed by atoms with Crippen LogP contribution in [0.25, 0.3) is 10.9 Å². The monoisotopic (exact) mass is 366 g/mol. The zero-order chi connectivity index (χ0) is 14.0. The number of benzene rings is 1. The van der Waals surface area contributed by atoms with E-state index >= 15 is 0 Å². The summed E-state index contributed by atoms with van der Waals surface area (Å²) in [7, 11) is 3.45. The molecular weight excluding hydrogens is 352 g/mol. The van der Waals surface area contributed by atoms with Crippen LogP contribution in [0, 0.1) is 10.5 Å². The third-order valence-electron chi connectivity index (χ3n) is 3.13. The second-order valence-corrected chi connectivity index (χ2v) is 5.39. The third-order valence-corrected chi connectivity index (χ3v) is 4.36. The van der Waals surface area contributed by atoms with Crippen LogP contribution >= 0.6 is 22.6 Å². The Bertz CT molecular complexity index is 643. The number of aryl methyl sites for hydroxylation is 1. The number of methoxy groups -OCH3 is 1. The molecule has 0 unspecified atom stereocenters. The Labute approximate surface area is 127 Å². The zero-order valence-corrected chi connectivity index (χ0v) is 13.3. The highest BCUT2D eigenvalue weighted by Crippen LogP contribution is 2.25. The maximum atomic E-state index is 11.5. The maximum absolute atomic E-state index is 11.5. The first-order valence-electron chi connectivity index (χ1n) is 6.01. The van der Waals surface area contributed by atoms with E-state index in [1.54, 1.807) is 0 Å². The molecule has 0 atom stereocenters. The molecule has 2 aromatic rings. The molecule has 97 valence electrons. The topological polar surface area (TPSA) is 39.2 Å². The SMILES string of the molecule is C[B]c1ccc2c(I)c(CC(=O)OC)c(C)nc2c1. The lowest BCUT2D eigenvalue weighted by Crippen LogP contribution is -2.12. The van der Waals surface area contributed by atoms with Gasteiger partial charge in [0.2, 0.25) is 0 Å². The number of rotatable bonds is 3. The molecule has 0 aliphatic carbocycles. The smallest absolute Gasteiger partial charge is 0.310 e. The zero-order valence-electron chi connectivity index (χ0n) is 11.2. The molecule has 5 heteroatoms. The van der Waals surface area contributed by atoms with Crippen LogP contribution in [0.15, 0.2) is 18.2 Å². The number of hydrogen-bond donors (Lipinski definition) is 0. The first-order chi connectivity index (χ1) is 9.06. The van der Waals surface area contributed by atoms with Gasteiger partial charge in [-0.3, -0.25) is 9.78 Å². The van der Waals surface area contributed by atoms with Crippen LogP contribution in [0.1, 0.15) is 11.3 Å². The van der Waals surface area contributed by atoms with Crippen molar-refractivity contribution >= 4 is 52.2 Å². The van der Waals surface area contributed by atoms with Crippen LogP contribution in [0.2, 0.25) is 6.82 Å². The Hall–Kier alpha value is -1.11. The number of ether oxygens (including phenoxy) is 1. The van der Waals surface area contributed by atoms with E-state index in [0.717, 1.165) is 31.2 Å². The van der Waals surface area contributed by atoms with Gasteiger partial charge in [0, 0.05) is 14.7 Å². The van der Waals surface area contributed by atoms with E-state index in [2.05, 4.69) is 45.8 Å². The Morgan fingerprint density at radius 1 is 1.47 bits per heavy atom. The number of esters is 1. The summed E-state index contributed by atoms with van der Waals surface area (Å²) in [5.74, 6) is -0.235. The van der Waals surface area contributed by atoms with E-state index in [9.17, 15) is 4.79 Å². The standard InChI is InChI=1S/C14H14BINO2/c1-8-11(7-13(18)19-3)14(16)10-5-4-9(15-2)6-12(10)17-8/h4-6H,7H2,1-3H3. The molecule has 0 N–H and O–H groups in total. The van der Waals surface area contributed by atoms with Gasteiger partial charge in [-0.05, 0) is 41.1 Å². The summed E-state index contributed by atoms with van der Waals surface area (Å²) in [6.07, 6.45) is 0.269. The summed E-state index contributed by atoms with van der Waals surface area (Å²) in [5, 5.41) is 1.08. The number of hydrogen-bond acceptors (Lipinski definition) is 3. The van der Waals surface area contributed by atoms with E-state index in [-0.39, 0.29) is 12.4 Å². The highest BCUT2D eigenvalue weighted by Gasteiger charge is 2.14. The molecule has 0 saturated carbocycles. The minimum atomic E-state index is -0.235. The second kappa shape index (κ2) is 5.90. The highest BCUT2D eigenvalue weighted by molar-refractivity contribution is 14.1. The largest absolute Gasteiger partial charge is 0.469 e. The van der Waals surface area contributed by atoms with Gasteiger partial charge in [0.15, 0.2) is 0 Å². The lowest BCUT2D eigenvalue weighted by atomic mass is 9.73. The van der Waals surface area contributed by atoms with E-state index in [4.69, 9.17) is 4.74 Å². The molecule has 1 radical (unpaired) electrons. The van der Waals surface area contributed by atoms with Gasteiger partial charge in [0.25, 0.3) is 0 Å². The molecule has 0 aliphatic heterocycles. The van der Waals surface area contributed by atoms with Crippen LogP contribution in [0.5, 0.6) is 0 Å². The van der Waals surface area contributed by atoms with Crippen molar-refractivity contribution in [2.45, 2.75) is 20.2 Å². The summed E-state index contributed by atoms with van der Waals surface area (Å²) in [6, 6.07) is 6.18. The van der Waals surface area contributed by atoms with Crippen molar-refractivity contribution in [1.29, 1.82) is 0 Å². The average Bonchev–Trinajstić information content (AvgIpc) is 2.42. The maximum Gasteiger partial charge on any atom is 0.310 e. The van der Waals surface area contributed by atoms with Crippen molar-refractivity contribution in [1.82, 2.24) is 4.98 Å². The third kappa shape index (κ3) is 2.91. The van der Waals surface area contributed by atoms with E-state index < -0.39 is 0 Å². The van der Waals surface area contributed by atoms with Gasteiger partial charge >= 0.3 is 5.97 Å². The van der Waals surface area contributed by atoms with Crippen LogP contribution in [-0.4, -0.2) is 25.3 Å². The number of fused-ring (bicyclic) bond motifs is 1. The fraction of sp³-hybridized carbons (Fsp3) is 0.286. The Morgan fingerprint density at radius 3 is 2.84 bits per heavy atom. The Balaban J connectivity index is 2.58. The van der Waals surface area contributed by atoms with Crippen LogP contribution < -0.4 is 5.46 Å². The Kier molecular flexibility index (Phi) is 4.44. The minimum Gasteiger partial charge on any atom is -0.469 e. The van der Waals surface area contributed by atoms with Crippen molar-refractivity contribution in [2.24, 2.45) is 0 Å². The number of pyridine rings is 1. The van der Waals surface area contributed by atoms with Gasteiger partial charge in [-0.15, -0.1) is 0 Å².